The Morgan fingerprint density at radius 2 is 2.05 bits per heavy atom. The Labute approximate surface area is 119 Å². The van der Waals surface area contributed by atoms with Crippen molar-refractivity contribution < 1.29 is 14.6 Å². The van der Waals surface area contributed by atoms with Gasteiger partial charge in [-0.3, -0.25) is 0 Å². The average Bonchev–Trinajstić information content (AvgIpc) is 3.30. The van der Waals surface area contributed by atoms with E-state index < -0.39 is 6.04 Å². The molecule has 1 aromatic carbocycles. The van der Waals surface area contributed by atoms with Gasteiger partial charge < -0.3 is 20.5 Å². The molecule has 0 heterocycles. The summed E-state index contributed by atoms with van der Waals surface area (Å²) >= 11 is 0. The Bertz CT molecular complexity index is 420. The van der Waals surface area contributed by atoms with E-state index in [1.54, 1.807) is 7.11 Å². The van der Waals surface area contributed by atoms with Gasteiger partial charge in [0.15, 0.2) is 0 Å². The van der Waals surface area contributed by atoms with Crippen LogP contribution in [0.5, 0.6) is 0 Å². The van der Waals surface area contributed by atoms with Gasteiger partial charge in [-0.1, -0.05) is 30.3 Å². The summed E-state index contributed by atoms with van der Waals surface area (Å²) in [5.74, 6) is 0.519. The molecule has 20 heavy (non-hydrogen) atoms. The molecule has 110 valence electrons. The van der Waals surface area contributed by atoms with Gasteiger partial charge in [-0.05, 0) is 24.3 Å². The quantitative estimate of drug-likeness (QED) is 0.707. The molecule has 2 unspecified atom stereocenters. The molecule has 0 bridgehead atoms. The van der Waals surface area contributed by atoms with Crippen LogP contribution in [-0.2, 0) is 4.74 Å². The van der Waals surface area contributed by atoms with Crippen LogP contribution >= 0.6 is 0 Å². The smallest absolute Gasteiger partial charge is 0.315 e. The van der Waals surface area contributed by atoms with Gasteiger partial charge >= 0.3 is 6.03 Å². The van der Waals surface area contributed by atoms with Crippen LogP contribution in [-0.4, -0.2) is 37.5 Å². The first-order valence-electron chi connectivity index (χ1n) is 6.96. The molecule has 3 N–H and O–H groups in total. The summed E-state index contributed by atoms with van der Waals surface area (Å²) in [7, 11) is 1.63. The summed E-state index contributed by atoms with van der Waals surface area (Å²) in [4.78, 5) is 12.0. The van der Waals surface area contributed by atoms with Crippen LogP contribution in [0.4, 0.5) is 4.79 Å². The van der Waals surface area contributed by atoms with Crippen molar-refractivity contribution in [1.29, 1.82) is 0 Å². The first kappa shape index (κ1) is 14.8. The topological polar surface area (TPSA) is 70.6 Å². The number of ether oxygens (including phenoxy) is 1. The minimum atomic E-state index is -0.390. The van der Waals surface area contributed by atoms with Crippen LogP contribution in [0, 0.1) is 5.92 Å². The highest BCUT2D eigenvalue weighted by atomic mass is 16.5. The van der Waals surface area contributed by atoms with Crippen molar-refractivity contribution in [2.75, 3.05) is 20.3 Å². The monoisotopic (exact) mass is 278 g/mol. The van der Waals surface area contributed by atoms with Gasteiger partial charge in [-0.15, -0.1) is 0 Å². The lowest BCUT2D eigenvalue weighted by atomic mass is 10.1. The molecule has 2 atom stereocenters. The minimum Gasteiger partial charge on any atom is -0.394 e. The van der Waals surface area contributed by atoms with Crippen molar-refractivity contribution in [1.82, 2.24) is 10.6 Å². The fourth-order valence-corrected chi connectivity index (χ4v) is 2.26. The number of rotatable bonds is 7. The number of hydrogen-bond acceptors (Lipinski definition) is 3. The number of amides is 2. The second-order valence-corrected chi connectivity index (χ2v) is 5.16. The maximum absolute atomic E-state index is 12.0. The number of aliphatic hydroxyl groups is 1. The molecule has 0 aliphatic heterocycles. The summed E-state index contributed by atoms with van der Waals surface area (Å²) in [5, 5.41) is 15.1. The van der Waals surface area contributed by atoms with E-state index >= 15 is 0 Å². The van der Waals surface area contributed by atoms with Crippen molar-refractivity contribution in [3.8, 4) is 0 Å². The molecule has 0 spiro atoms. The van der Waals surface area contributed by atoms with E-state index in [2.05, 4.69) is 10.6 Å². The average molecular weight is 278 g/mol. The Kier molecular flexibility index (Phi) is 5.38. The molecule has 5 nitrogen and oxygen atoms in total. The maximum atomic E-state index is 12.0. The molecule has 1 fully saturated rings. The largest absolute Gasteiger partial charge is 0.394 e. The lowest BCUT2D eigenvalue weighted by Gasteiger charge is -2.21. The number of methoxy groups -OCH3 is 1. The second kappa shape index (κ2) is 7.26. The summed E-state index contributed by atoms with van der Waals surface area (Å²) in [5.41, 5.74) is 0.889. The summed E-state index contributed by atoms with van der Waals surface area (Å²) in [6, 6.07) is 8.84. The lowest BCUT2D eigenvalue weighted by Crippen LogP contribution is -2.46. The predicted octanol–water partition coefficient (Wildman–Crippen LogP) is 1.44. The molecule has 0 radical (unpaired) electrons. The van der Waals surface area contributed by atoms with Gasteiger partial charge in [-0.25, -0.2) is 4.79 Å². The van der Waals surface area contributed by atoms with Gasteiger partial charge in [-0.2, -0.15) is 0 Å². The molecule has 2 rings (SSSR count). The molecule has 2 amide bonds. The lowest BCUT2D eigenvalue weighted by molar-refractivity contribution is 0.155. The normalized spacial score (nSPS) is 17.3. The van der Waals surface area contributed by atoms with E-state index in [4.69, 9.17) is 4.74 Å². The number of benzene rings is 1. The van der Waals surface area contributed by atoms with Crippen LogP contribution in [0.3, 0.4) is 0 Å². The molecule has 1 aliphatic rings. The standard InChI is InChI=1S/C15H22N2O3/c1-20-10-14(12-7-8-12)17-15(19)16-13(9-18)11-5-3-2-4-6-11/h2-6,12-14,18H,7-10H2,1H3,(H2,16,17,19). The molecule has 0 saturated heterocycles. The Morgan fingerprint density at radius 1 is 1.35 bits per heavy atom. The van der Waals surface area contributed by atoms with Crippen molar-refractivity contribution in [3.05, 3.63) is 35.9 Å². The highest BCUT2D eigenvalue weighted by Crippen LogP contribution is 2.32. The van der Waals surface area contributed by atoms with E-state index in [1.165, 1.54) is 0 Å². The molecule has 1 aromatic rings. The minimum absolute atomic E-state index is 0.0510. The van der Waals surface area contributed by atoms with Crippen molar-refractivity contribution in [3.63, 3.8) is 0 Å². The van der Waals surface area contributed by atoms with Crippen LogP contribution in [0.2, 0.25) is 0 Å². The van der Waals surface area contributed by atoms with Crippen LogP contribution in [0.25, 0.3) is 0 Å². The van der Waals surface area contributed by atoms with Gasteiger partial charge in [0, 0.05) is 7.11 Å². The van der Waals surface area contributed by atoms with Crippen molar-refractivity contribution in [2.45, 2.75) is 24.9 Å². The zero-order chi connectivity index (χ0) is 14.4. The number of carbonyl (C=O) groups excluding carboxylic acids is 1. The number of hydrogen-bond donors (Lipinski definition) is 3. The molecular formula is C15H22N2O3. The van der Waals surface area contributed by atoms with Gasteiger partial charge in [0.1, 0.15) is 0 Å². The number of aliphatic hydroxyl groups excluding tert-OH is 1. The van der Waals surface area contributed by atoms with Gasteiger partial charge in [0.05, 0.1) is 25.3 Å². The number of carbonyl (C=O) groups is 1. The zero-order valence-electron chi connectivity index (χ0n) is 11.7. The van der Waals surface area contributed by atoms with Gasteiger partial charge in [0.25, 0.3) is 0 Å². The van der Waals surface area contributed by atoms with E-state index in [0.29, 0.717) is 12.5 Å². The number of urea groups is 1. The van der Waals surface area contributed by atoms with Gasteiger partial charge in [0.2, 0.25) is 0 Å². The predicted molar refractivity (Wildman–Crippen MR) is 76.3 cm³/mol. The highest BCUT2D eigenvalue weighted by Gasteiger charge is 2.32. The molecular weight excluding hydrogens is 256 g/mol. The van der Waals surface area contributed by atoms with Crippen molar-refractivity contribution >= 4 is 6.03 Å². The third kappa shape index (κ3) is 4.21. The summed E-state index contributed by atoms with van der Waals surface area (Å²) in [6.45, 7) is 0.392. The van der Waals surface area contributed by atoms with Crippen LogP contribution < -0.4 is 10.6 Å². The van der Waals surface area contributed by atoms with Crippen molar-refractivity contribution in [2.24, 2.45) is 5.92 Å². The fourth-order valence-electron chi connectivity index (χ4n) is 2.26. The first-order valence-corrected chi connectivity index (χ1v) is 6.96. The second-order valence-electron chi connectivity index (χ2n) is 5.16. The maximum Gasteiger partial charge on any atom is 0.315 e. The summed E-state index contributed by atoms with van der Waals surface area (Å²) < 4.78 is 5.13. The van der Waals surface area contributed by atoms with E-state index in [1.807, 2.05) is 30.3 Å². The van der Waals surface area contributed by atoms with Crippen LogP contribution in [0.1, 0.15) is 24.4 Å². The number of nitrogens with one attached hydrogen (secondary N) is 2. The van der Waals surface area contributed by atoms with E-state index in [0.717, 1.165) is 18.4 Å². The molecule has 5 heteroatoms. The third-order valence-corrected chi connectivity index (χ3v) is 3.54. The Balaban J connectivity index is 1.88. The summed E-state index contributed by atoms with van der Waals surface area (Å²) in [6.07, 6.45) is 2.27. The molecule has 1 aliphatic carbocycles. The van der Waals surface area contributed by atoms with Crippen LogP contribution in [0.15, 0.2) is 30.3 Å². The first-order chi connectivity index (χ1) is 9.74. The Hall–Kier alpha value is -1.59. The third-order valence-electron chi connectivity index (χ3n) is 3.54. The highest BCUT2D eigenvalue weighted by molar-refractivity contribution is 5.75. The SMILES string of the molecule is COCC(NC(=O)NC(CO)c1ccccc1)C1CC1. The molecule has 1 saturated carbocycles. The van der Waals surface area contributed by atoms with E-state index in [9.17, 15) is 9.90 Å². The fraction of sp³-hybridized carbons (Fsp3) is 0.533. The van der Waals surface area contributed by atoms with E-state index in [-0.39, 0.29) is 18.7 Å². The Morgan fingerprint density at radius 3 is 2.60 bits per heavy atom. The molecule has 0 aromatic heterocycles. The zero-order valence-corrected chi connectivity index (χ0v) is 11.7.